The molecular weight excluding hydrogens is 331 g/mol. The van der Waals surface area contributed by atoms with E-state index in [9.17, 15) is 0 Å². The summed E-state index contributed by atoms with van der Waals surface area (Å²) in [5.41, 5.74) is 1.49. The van der Waals surface area contributed by atoms with Crippen LogP contribution in [0, 0.1) is 0 Å². The van der Waals surface area contributed by atoms with Crippen LogP contribution in [0.25, 0.3) is 0 Å². The Bertz CT molecular complexity index is 753. The van der Waals surface area contributed by atoms with Gasteiger partial charge in [0.05, 0.1) is 0 Å². The van der Waals surface area contributed by atoms with Crippen LogP contribution in [0.3, 0.4) is 0 Å². The average Bonchev–Trinajstić information content (AvgIpc) is 2.72. The summed E-state index contributed by atoms with van der Waals surface area (Å²) in [4.78, 5) is 0. The topological polar surface area (TPSA) is 0 Å². The van der Waals surface area contributed by atoms with Gasteiger partial charge in [-0.2, -0.15) is 0 Å². The molecule has 0 amide bonds. The molecule has 0 aliphatic carbocycles. The van der Waals surface area contributed by atoms with Gasteiger partial charge >= 0.3 is 159 Å². The van der Waals surface area contributed by atoms with Crippen LogP contribution in [0.1, 0.15) is 38.7 Å². The Morgan fingerprint density at radius 3 is 1.73 bits per heavy atom. The van der Waals surface area contributed by atoms with Crippen molar-refractivity contribution >= 4 is 23.2 Å². The number of rotatable bonds is 8. The Morgan fingerprint density at radius 2 is 1.19 bits per heavy atom. The molecule has 0 unspecified atom stereocenters. The Balaban J connectivity index is 2.20. The molecule has 136 valence electrons. The fourth-order valence-electron chi connectivity index (χ4n) is 4.13. The minimum atomic E-state index is -1.99. The third kappa shape index (κ3) is 3.92. The molecule has 0 N–H and O–H groups in total. The summed E-state index contributed by atoms with van der Waals surface area (Å²) in [6.45, 7) is 4.60. The average molecular weight is 362 g/mol. The summed E-state index contributed by atoms with van der Waals surface area (Å²) in [7, 11) is -1.99. The van der Waals surface area contributed by atoms with Crippen molar-refractivity contribution in [3.05, 3.63) is 90.5 Å². The molecule has 0 heterocycles. The summed E-state index contributed by atoms with van der Waals surface area (Å²) in [5, 5.41) is 4.62. The first-order chi connectivity index (χ1) is 12.8. The van der Waals surface area contributed by atoms with Crippen molar-refractivity contribution in [1.82, 2.24) is 0 Å². The third-order valence-electron chi connectivity index (χ3n) is 5.40. The molecule has 1 heteroatoms. The van der Waals surface area contributed by atoms with Crippen LogP contribution in [0.2, 0.25) is 0 Å². The van der Waals surface area contributed by atoms with Crippen molar-refractivity contribution in [2.45, 2.75) is 39.5 Å². The molecule has 3 aromatic carbocycles. The summed E-state index contributed by atoms with van der Waals surface area (Å²) in [6.07, 6.45) is 6.15. The van der Waals surface area contributed by atoms with E-state index in [1.54, 1.807) is 5.30 Å². The number of unbranched alkanes of at least 4 members (excludes halogenated alkanes) is 1. The molecular formula is C25H31P. The third-order valence-corrected chi connectivity index (χ3v) is 10.6. The molecule has 0 saturated carbocycles. The van der Waals surface area contributed by atoms with Gasteiger partial charge in [0, 0.05) is 0 Å². The maximum atomic E-state index is 2.51. The molecule has 0 bridgehead atoms. The van der Waals surface area contributed by atoms with Gasteiger partial charge in [-0.1, -0.05) is 0 Å². The number of hydrogen-bond donors (Lipinski definition) is 0. The molecule has 0 aliphatic rings. The van der Waals surface area contributed by atoms with Gasteiger partial charge in [-0.05, 0) is 0 Å². The van der Waals surface area contributed by atoms with Crippen LogP contribution in [-0.2, 0) is 6.42 Å². The van der Waals surface area contributed by atoms with Crippen LogP contribution >= 0.6 is 7.26 Å². The molecule has 0 aromatic heterocycles. The van der Waals surface area contributed by atoms with Crippen LogP contribution in [0.15, 0.2) is 84.9 Å². The van der Waals surface area contributed by atoms with Crippen molar-refractivity contribution in [1.29, 1.82) is 0 Å². The molecule has 3 rings (SSSR count). The van der Waals surface area contributed by atoms with E-state index in [1.165, 1.54) is 48.0 Å². The maximum absolute atomic E-state index is 2.51. The van der Waals surface area contributed by atoms with Gasteiger partial charge in [-0.3, -0.25) is 0 Å². The van der Waals surface area contributed by atoms with Crippen LogP contribution in [0.5, 0.6) is 0 Å². The fourth-order valence-corrected chi connectivity index (χ4v) is 9.08. The molecule has 0 fully saturated rings. The van der Waals surface area contributed by atoms with Gasteiger partial charge in [-0.15, -0.1) is 0 Å². The van der Waals surface area contributed by atoms with E-state index in [-0.39, 0.29) is 0 Å². The quantitative estimate of drug-likeness (QED) is 0.466. The monoisotopic (exact) mass is 362 g/mol. The zero-order valence-electron chi connectivity index (χ0n) is 16.1. The van der Waals surface area contributed by atoms with E-state index in [0.29, 0.717) is 0 Å². The predicted molar refractivity (Wildman–Crippen MR) is 120 cm³/mol. The zero-order valence-corrected chi connectivity index (χ0v) is 17.1. The zero-order chi connectivity index (χ0) is 18.2. The second kappa shape index (κ2) is 9.15. The molecule has 0 saturated heterocycles. The Labute approximate surface area is 159 Å². The van der Waals surface area contributed by atoms with Crippen LogP contribution in [-0.4, -0.2) is 6.16 Å². The Hall–Kier alpha value is -1.91. The SMILES string of the molecule is CCCCc1cccc([PH](CCC)(c2ccccc2)c2ccccc2)c1. The van der Waals surface area contributed by atoms with E-state index in [2.05, 4.69) is 98.8 Å². The normalized spacial score (nSPS) is 12.1. The van der Waals surface area contributed by atoms with E-state index in [0.717, 1.165) is 0 Å². The predicted octanol–water partition coefficient (Wildman–Crippen LogP) is 5.47. The van der Waals surface area contributed by atoms with Gasteiger partial charge in [0.1, 0.15) is 0 Å². The van der Waals surface area contributed by atoms with E-state index >= 15 is 0 Å². The molecule has 0 radical (unpaired) electrons. The minimum absolute atomic E-state index is 1.19. The van der Waals surface area contributed by atoms with Crippen molar-refractivity contribution in [3.8, 4) is 0 Å². The molecule has 3 aromatic rings. The van der Waals surface area contributed by atoms with Gasteiger partial charge in [0.2, 0.25) is 0 Å². The first-order valence-corrected chi connectivity index (χ1v) is 12.2. The van der Waals surface area contributed by atoms with Crippen molar-refractivity contribution in [3.63, 3.8) is 0 Å². The van der Waals surface area contributed by atoms with E-state index in [1.807, 2.05) is 0 Å². The number of hydrogen-bond acceptors (Lipinski definition) is 0. The summed E-state index contributed by atoms with van der Waals surface area (Å²) >= 11 is 0. The first kappa shape index (κ1) is 18.9. The summed E-state index contributed by atoms with van der Waals surface area (Å²) in [6, 6.07) is 32.0. The standard InChI is InChI=1S/C25H31P/c1-3-5-13-22-14-12-19-25(21-22)26(20-4-2,23-15-8-6-9-16-23)24-17-10-7-11-18-24/h6-12,14-19,21,26H,3-5,13,20H2,1-2H3. The second-order valence-electron chi connectivity index (χ2n) is 7.19. The number of benzene rings is 3. The van der Waals surface area contributed by atoms with Crippen molar-refractivity contribution < 1.29 is 0 Å². The van der Waals surface area contributed by atoms with E-state index in [4.69, 9.17) is 0 Å². The molecule has 0 nitrogen and oxygen atoms in total. The van der Waals surface area contributed by atoms with E-state index < -0.39 is 7.26 Å². The van der Waals surface area contributed by atoms with Gasteiger partial charge in [-0.25, -0.2) is 0 Å². The Kier molecular flexibility index (Phi) is 6.64. The van der Waals surface area contributed by atoms with Gasteiger partial charge < -0.3 is 0 Å². The fraction of sp³-hybridized carbons (Fsp3) is 0.280. The van der Waals surface area contributed by atoms with Gasteiger partial charge in [0.15, 0.2) is 0 Å². The van der Waals surface area contributed by atoms with Crippen LogP contribution in [0.4, 0.5) is 0 Å². The van der Waals surface area contributed by atoms with Crippen molar-refractivity contribution in [2.75, 3.05) is 6.16 Å². The van der Waals surface area contributed by atoms with Crippen LogP contribution < -0.4 is 15.9 Å². The molecule has 0 spiro atoms. The first-order valence-electron chi connectivity index (χ1n) is 10.0. The molecule has 0 atom stereocenters. The van der Waals surface area contributed by atoms with Crippen molar-refractivity contribution in [2.24, 2.45) is 0 Å². The Morgan fingerprint density at radius 1 is 0.615 bits per heavy atom. The molecule has 0 aliphatic heterocycles. The summed E-state index contributed by atoms with van der Waals surface area (Å²) < 4.78 is 0. The van der Waals surface area contributed by atoms with Gasteiger partial charge in [0.25, 0.3) is 0 Å². The number of aryl methyl sites for hydroxylation is 1. The second-order valence-corrected chi connectivity index (χ2v) is 11.2. The molecule has 26 heavy (non-hydrogen) atoms. The summed E-state index contributed by atoms with van der Waals surface area (Å²) in [5.74, 6) is 0.